The second-order valence-electron chi connectivity index (χ2n) is 4.47. The van der Waals surface area contributed by atoms with Crippen LogP contribution in [0.25, 0.3) is 0 Å². The third kappa shape index (κ3) is 2.97. The zero-order valence-electron chi connectivity index (χ0n) is 11.3. The highest BCUT2D eigenvalue weighted by atomic mass is 79.9. The zero-order chi connectivity index (χ0) is 14.7. The van der Waals surface area contributed by atoms with Crippen LogP contribution in [0, 0.1) is 5.82 Å². The molecule has 3 nitrogen and oxygen atoms in total. The number of nitrogens with zero attached hydrogens (tertiary/aromatic N) is 2. The fourth-order valence-corrected chi connectivity index (χ4v) is 3.25. The normalized spacial score (nSPS) is 12.7. The summed E-state index contributed by atoms with van der Waals surface area (Å²) >= 11 is 6.87. The molecule has 0 fully saturated rings. The molecule has 1 atom stereocenters. The molecule has 1 heterocycles. The van der Waals surface area contributed by atoms with Gasteiger partial charge in [-0.25, -0.2) is 4.39 Å². The molecule has 0 bridgehead atoms. The number of benzene rings is 1. The van der Waals surface area contributed by atoms with Crippen LogP contribution in [-0.4, -0.2) is 16.8 Å². The molecule has 20 heavy (non-hydrogen) atoms. The van der Waals surface area contributed by atoms with Crippen LogP contribution in [0.1, 0.15) is 30.6 Å². The number of hydrogen-bond acceptors (Lipinski definition) is 2. The second kappa shape index (κ2) is 6.83. The average molecular weight is 405 g/mol. The first kappa shape index (κ1) is 15.7. The van der Waals surface area contributed by atoms with E-state index in [2.05, 4.69) is 49.2 Å². The van der Waals surface area contributed by atoms with E-state index in [-0.39, 0.29) is 11.9 Å². The van der Waals surface area contributed by atoms with E-state index in [1.807, 2.05) is 17.8 Å². The zero-order valence-corrected chi connectivity index (χ0v) is 14.5. The molecule has 2 rings (SSSR count). The van der Waals surface area contributed by atoms with Gasteiger partial charge >= 0.3 is 0 Å². The lowest BCUT2D eigenvalue weighted by Crippen LogP contribution is -2.22. The van der Waals surface area contributed by atoms with Crippen molar-refractivity contribution >= 4 is 31.9 Å². The van der Waals surface area contributed by atoms with Gasteiger partial charge in [0, 0.05) is 6.54 Å². The topological polar surface area (TPSA) is 29.9 Å². The molecule has 0 amide bonds. The summed E-state index contributed by atoms with van der Waals surface area (Å²) in [6, 6.07) is 4.93. The van der Waals surface area contributed by atoms with Gasteiger partial charge in [-0.05, 0) is 57.0 Å². The van der Waals surface area contributed by atoms with Crippen LogP contribution >= 0.6 is 31.9 Å². The molecule has 2 aromatic rings. The van der Waals surface area contributed by atoms with Crippen molar-refractivity contribution in [3.8, 4) is 0 Å². The van der Waals surface area contributed by atoms with Crippen molar-refractivity contribution in [1.29, 1.82) is 0 Å². The molecule has 1 unspecified atom stereocenters. The lowest BCUT2D eigenvalue weighted by Gasteiger charge is -2.20. The molecule has 1 aromatic carbocycles. The lowest BCUT2D eigenvalue weighted by molar-refractivity contribution is 0.529. The number of nitrogens with one attached hydrogen (secondary N) is 1. The summed E-state index contributed by atoms with van der Waals surface area (Å²) in [5.41, 5.74) is 1.85. The maximum Gasteiger partial charge on any atom is 0.137 e. The lowest BCUT2D eigenvalue weighted by atomic mass is 10.0. The van der Waals surface area contributed by atoms with Gasteiger partial charge in [-0.15, -0.1) is 0 Å². The molecule has 0 spiro atoms. The summed E-state index contributed by atoms with van der Waals surface area (Å²) in [4.78, 5) is 0. The highest BCUT2D eigenvalue weighted by Crippen LogP contribution is 2.33. The summed E-state index contributed by atoms with van der Waals surface area (Å²) in [7, 11) is 1.86. The van der Waals surface area contributed by atoms with Crippen LogP contribution in [0.4, 0.5) is 4.39 Å². The van der Waals surface area contributed by atoms with E-state index in [0.717, 1.165) is 28.7 Å². The Bertz CT molecular complexity index is 598. The first-order chi connectivity index (χ1) is 9.60. The molecular formula is C14H16Br2FN3. The minimum Gasteiger partial charge on any atom is -0.308 e. The summed E-state index contributed by atoms with van der Waals surface area (Å²) in [5, 5.41) is 7.61. The van der Waals surface area contributed by atoms with Gasteiger partial charge in [-0.3, -0.25) is 4.68 Å². The van der Waals surface area contributed by atoms with Gasteiger partial charge in [0.15, 0.2) is 0 Å². The maximum absolute atomic E-state index is 13.8. The molecule has 0 aliphatic rings. The monoisotopic (exact) mass is 403 g/mol. The third-order valence-corrected chi connectivity index (χ3v) is 4.57. The van der Waals surface area contributed by atoms with Crippen LogP contribution in [0.15, 0.2) is 33.3 Å². The summed E-state index contributed by atoms with van der Waals surface area (Å²) in [5.74, 6) is -0.263. The molecule has 0 aliphatic heterocycles. The van der Waals surface area contributed by atoms with Gasteiger partial charge in [0.05, 0.1) is 26.9 Å². The van der Waals surface area contributed by atoms with Gasteiger partial charge in [0.25, 0.3) is 0 Å². The molecular weight excluding hydrogens is 389 g/mol. The van der Waals surface area contributed by atoms with Crippen molar-refractivity contribution in [1.82, 2.24) is 15.1 Å². The predicted molar refractivity (Wildman–Crippen MR) is 85.2 cm³/mol. The Labute approximate surface area is 134 Å². The molecule has 0 saturated heterocycles. The average Bonchev–Trinajstić information content (AvgIpc) is 2.78. The molecule has 1 aromatic heterocycles. The van der Waals surface area contributed by atoms with E-state index in [4.69, 9.17) is 0 Å². The number of aromatic nitrogens is 2. The smallest absolute Gasteiger partial charge is 0.137 e. The van der Waals surface area contributed by atoms with Crippen LogP contribution in [0.3, 0.4) is 0 Å². The standard InChI is InChI=1S/C14H16Br2FN3/c1-3-7-20-14(10(15)8-19-20)13(18-2)9-5-4-6-11(17)12(9)16/h4-6,8,13,18H,3,7H2,1-2H3. The van der Waals surface area contributed by atoms with Gasteiger partial charge in [-0.2, -0.15) is 5.10 Å². The third-order valence-electron chi connectivity index (χ3n) is 3.12. The van der Waals surface area contributed by atoms with E-state index in [1.165, 1.54) is 6.07 Å². The number of aryl methyl sites for hydroxylation is 1. The van der Waals surface area contributed by atoms with Gasteiger partial charge < -0.3 is 5.32 Å². The van der Waals surface area contributed by atoms with Crippen molar-refractivity contribution in [2.24, 2.45) is 0 Å². The largest absolute Gasteiger partial charge is 0.308 e. The maximum atomic E-state index is 13.8. The Balaban J connectivity index is 2.52. The van der Waals surface area contributed by atoms with Crippen molar-refractivity contribution in [3.05, 3.63) is 50.4 Å². The summed E-state index contributed by atoms with van der Waals surface area (Å²) < 4.78 is 17.1. The van der Waals surface area contributed by atoms with Crippen molar-refractivity contribution in [2.75, 3.05) is 7.05 Å². The molecule has 0 saturated carbocycles. The Kier molecular flexibility index (Phi) is 5.35. The fraction of sp³-hybridized carbons (Fsp3) is 0.357. The van der Waals surface area contributed by atoms with Crippen LogP contribution in [0.5, 0.6) is 0 Å². The minimum atomic E-state index is -0.263. The second-order valence-corrected chi connectivity index (χ2v) is 6.11. The van der Waals surface area contributed by atoms with E-state index in [1.54, 1.807) is 12.3 Å². The molecule has 108 valence electrons. The Morgan fingerprint density at radius 1 is 1.40 bits per heavy atom. The van der Waals surface area contributed by atoms with Crippen LogP contribution in [0.2, 0.25) is 0 Å². The summed E-state index contributed by atoms with van der Waals surface area (Å²) in [6.45, 7) is 2.93. The first-order valence-electron chi connectivity index (χ1n) is 6.42. The van der Waals surface area contributed by atoms with E-state index in [0.29, 0.717) is 4.47 Å². The molecule has 0 aliphatic carbocycles. The van der Waals surface area contributed by atoms with Crippen molar-refractivity contribution in [2.45, 2.75) is 25.9 Å². The number of halogens is 3. The number of hydrogen-bond donors (Lipinski definition) is 1. The SMILES string of the molecule is CCCn1ncc(Br)c1C(NC)c1cccc(F)c1Br. The predicted octanol–water partition coefficient (Wildman–Crippen LogP) is 4.27. The van der Waals surface area contributed by atoms with E-state index < -0.39 is 0 Å². The highest BCUT2D eigenvalue weighted by molar-refractivity contribution is 9.10. The van der Waals surface area contributed by atoms with Crippen molar-refractivity contribution < 1.29 is 4.39 Å². The Morgan fingerprint density at radius 3 is 2.80 bits per heavy atom. The van der Waals surface area contributed by atoms with E-state index >= 15 is 0 Å². The molecule has 0 radical (unpaired) electrons. The molecule has 6 heteroatoms. The van der Waals surface area contributed by atoms with Gasteiger partial charge in [0.2, 0.25) is 0 Å². The Morgan fingerprint density at radius 2 is 2.15 bits per heavy atom. The Hall–Kier alpha value is -0.720. The van der Waals surface area contributed by atoms with Crippen LogP contribution in [-0.2, 0) is 6.54 Å². The van der Waals surface area contributed by atoms with E-state index in [9.17, 15) is 4.39 Å². The minimum absolute atomic E-state index is 0.136. The quantitative estimate of drug-likeness (QED) is 0.806. The fourth-order valence-electron chi connectivity index (χ4n) is 2.23. The van der Waals surface area contributed by atoms with Gasteiger partial charge in [-0.1, -0.05) is 19.1 Å². The highest BCUT2D eigenvalue weighted by Gasteiger charge is 2.23. The van der Waals surface area contributed by atoms with Crippen molar-refractivity contribution in [3.63, 3.8) is 0 Å². The first-order valence-corrected chi connectivity index (χ1v) is 8.01. The number of rotatable bonds is 5. The van der Waals surface area contributed by atoms with Crippen LogP contribution < -0.4 is 5.32 Å². The summed E-state index contributed by atoms with van der Waals surface area (Å²) in [6.07, 6.45) is 2.77. The molecule has 1 N–H and O–H groups in total. The van der Waals surface area contributed by atoms with Gasteiger partial charge in [0.1, 0.15) is 5.82 Å².